The molecule has 4 nitrogen and oxygen atoms in total. The van der Waals surface area contributed by atoms with Crippen molar-refractivity contribution in [3.8, 4) is 0 Å². The maximum absolute atomic E-state index is 11.8. The molecule has 0 saturated carbocycles. The Hall–Kier alpha value is -1.71. The normalized spacial score (nSPS) is 18.7. The summed E-state index contributed by atoms with van der Waals surface area (Å²) in [5.74, 6) is 0.437. The number of nitrogens with two attached hydrogens (primary N) is 2. The number of hydrogen-bond acceptors (Lipinski definition) is 3. The van der Waals surface area contributed by atoms with Gasteiger partial charge in [-0.05, 0) is 30.0 Å². The summed E-state index contributed by atoms with van der Waals surface area (Å²) >= 11 is 0. The van der Waals surface area contributed by atoms with E-state index >= 15 is 0 Å². The summed E-state index contributed by atoms with van der Waals surface area (Å²) in [4.78, 5) is 11.8. The number of benzene rings is 1. The number of amides is 1. The third kappa shape index (κ3) is 1.71. The Labute approximate surface area is 95.0 Å². The number of carbonyl (C=O) groups excluding carboxylic acids is 1. The topological polar surface area (TPSA) is 81.1 Å². The molecule has 16 heavy (non-hydrogen) atoms. The zero-order valence-electron chi connectivity index (χ0n) is 9.58. The molecular weight excluding hydrogens is 202 g/mol. The van der Waals surface area contributed by atoms with E-state index in [1.54, 1.807) is 6.07 Å². The quantitative estimate of drug-likeness (QED) is 0.665. The van der Waals surface area contributed by atoms with E-state index in [1.165, 1.54) is 0 Å². The van der Waals surface area contributed by atoms with Gasteiger partial charge in [0, 0.05) is 5.69 Å². The minimum absolute atomic E-state index is 0.0497. The molecular formula is C12H17N3O. The van der Waals surface area contributed by atoms with Crippen LogP contribution < -0.4 is 16.8 Å². The summed E-state index contributed by atoms with van der Waals surface area (Å²) in [7, 11) is 0. The molecule has 1 aliphatic rings. The highest BCUT2D eigenvalue weighted by atomic mass is 16.2. The van der Waals surface area contributed by atoms with Crippen molar-refractivity contribution in [1.29, 1.82) is 0 Å². The Balaban J connectivity index is 2.40. The Morgan fingerprint density at radius 3 is 2.56 bits per heavy atom. The lowest BCUT2D eigenvalue weighted by molar-refractivity contribution is -0.117. The average Bonchev–Trinajstić information content (AvgIpc) is 2.45. The van der Waals surface area contributed by atoms with E-state index in [9.17, 15) is 4.79 Å². The molecule has 2 rings (SSSR count). The van der Waals surface area contributed by atoms with Gasteiger partial charge in [-0.15, -0.1) is 0 Å². The molecule has 1 heterocycles. The molecule has 4 heteroatoms. The number of hydrogen-bond donors (Lipinski definition) is 3. The van der Waals surface area contributed by atoms with Crippen molar-refractivity contribution in [2.24, 2.45) is 5.92 Å². The molecule has 0 aliphatic carbocycles. The number of nitrogen functional groups attached to an aromatic ring is 2. The summed E-state index contributed by atoms with van der Waals surface area (Å²) in [6.07, 6.45) is 0.836. The van der Waals surface area contributed by atoms with Gasteiger partial charge in [0.2, 0.25) is 5.91 Å². The smallest absolute Gasteiger partial charge is 0.232 e. The van der Waals surface area contributed by atoms with Crippen molar-refractivity contribution < 1.29 is 4.79 Å². The number of nitrogens with one attached hydrogen (secondary N) is 1. The zero-order valence-corrected chi connectivity index (χ0v) is 9.58. The fourth-order valence-corrected chi connectivity index (χ4v) is 2.11. The molecule has 1 aliphatic heterocycles. The maximum atomic E-state index is 11.8. The van der Waals surface area contributed by atoms with Crippen molar-refractivity contribution in [2.75, 3.05) is 16.8 Å². The molecule has 0 spiro atoms. The van der Waals surface area contributed by atoms with E-state index < -0.39 is 0 Å². The summed E-state index contributed by atoms with van der Waals surface area (Å²) in [6, 6.07) is 3.55. The summed E-state index contributed by atoms with van der Waals surface area (Å²) in [5, 5.41) is 2.85. The van der Waals surface area contributed by atoms with Crippen molar-refractivity contribution in [3.05, 3.63) is 17.7 Å². The molecule has 1 atom stereocenters. The van der Waals surface area contributed by atoms with Crippen LogP contribution in [0, 0.1) is 5.92 Å². The predicted octanol–water partition coefficient (Wildman–Crippen LogP) is 1.93. The molecule has 0 radical (unpaired) electrons. The predicted molar refractivity (Wildman–Crippen MR) is 66.1 cm³/mol. The van der Waals surface area contributed by atoms with Gasteiger partial charge in [0.15, 0.2) is 0 Å². The van der Waals surface area contributed by atoms with Gasteiger partial charge in [0.05, 0.1) is 17.3 Å². The van der Waals surface area contributed by atoms with Crippen LogP contribution in [-0.2, 0) is 4.79 Å². The lowest BCUT2D eigenvalue weighted by atomic mass is 9.91. The van der Waals surface area contributed by atoms with Crippen LogP contribution in [0.15, 0.2) is 12.1 Å². The number of anilines is 3. The number of carbonyl (C=O) groups is 1. The molecule has 86 valence electrons. The second-order valence-corrected chi connectivity index (χ2v) is 4.74. The first kappa shape index (κ1) is 10.8. The highest BCUT2D eigenvalue weighted by Gasteiger charge is 2.31. The van der Waals surface area contributed by atoms with Gasteiger partial charge in [-0.25, -0.2) is 0 Å². The molecule has 0 saturated heterocycles. The van der Waals surface area contributed by atoms with Gasteiger partial charge in [-0.3, -0.25) is 4.79 Å². The number of rotatable bonds is 2. The van der Waals surface area contributed by atoms with Crippen molar-refractivity contribution in [3.63, 3.8) is 0 Å². The fraction of sp³-hybridized carbons (Fsp3) is 0.417. The first-order valence-electron chi connectivity index (χ1n) is 5.48. The Bertz CT molecular complexity index is 440. The Morgan fingerprint density at radius 2 is 1.94 bits per heavy atom. The van der Waals surface area contributed by atoms with E-state index in [0.29, 0.717) is 17.3 Å². The molecule has 0 fully saturated rings. The van der Waals surface area contributed by atoms with Gasteiger partial charge in [0.25, 0.3) is 0 Å². The highest BCUT2D eigenvalue weighted by Crippen LogP contribution is 2.39. The molecule has 1 aromatic carbocycles. The molecule has 1 amide bonds. The van der Waals surface area contributed by atoms with Gasteiger partial charge in [-0.1, -0.05) is 13.8 Å². The minimum atomic E-state index is -0.0853. The van der Waals surface area contributed by atoms with Crippen LogP contribution >= 0.6 is 0 Å². The van der Waals surface area contributed by atoms with Gasteiger partial charge in [0.1, 0.15) is 0 Å². The van der Waals surface area contributed by atoms with Gasteiger partial charge < -0.3 is 16.8 Å². The molecule has 1 aromatic rings. The highest BCUT2D eigenvalue weighted by molar-refractivity contribution is 6.04. The first-order chi connectivity index (χ1) is 7.49. The van der Waals surface area contributed by atoms with E-state index in [0.717, 1.165) is 17.7 Å². The number of fused-ring (bicyclic) bond motifs is 1. The lowest BCUT2D eigenvalue weighted by Gasteiger charge is -2.12. The lowest BCUT2D eigenvalue weighted by Crippen LogP contribution is -2.13. The van der Waals surface area contributed by atoms with Crippen LogP contribution in [0.25, 0.3) is 0 Å². The second-order valence-electron chi connectivity index (χ2n) is 4.74. The van der Waals surface area contributed by atoms with Crippen LogP contribution in [0.2, 0.25) is 0 Å². The molecule has 5 N–H and O–H groups in total. The minimum Gasteiger partial charge on any atom is -0.397 e. The standard InChI is InChI=1S/C12H17N3O/c1-6(2)3-8-7-4-9(13)10(14)5-11(7)15-12(8)16/h4-6,8H,3,13-14H2,1-2H3,(H,15,16). The van der Waals surface area contributed by atoms with E-state index in [1.807, 2.05) is 6.07 Å². The largest absolute Gasteiger partial charge is 0.397 e. The van der Waals surface area contributed by atoms with Crippen LogP contribution in [0.4, 0.5) is 17.1 Å². The Kier molecular flexibility index (Phi) is 2.50. The van der Waals surface area contributed by atoms with Crippen LogP contribution in [0.3, 0.4) is 0 Å². The summed E-state index contributed by atoms with van der Waals surface area (Å²) in [5.41, 5.74) is 14.3. The SMILES string of the molecule is CC(C)CC1C(=O)Nc2cc(N)c(N)cc21. The zero-order chi connectivity index (χ0) is 11.9. The van der Waals surface area contributed by atoms with E-state index in [-0.39, 0.29) is 11.8 Å². The van der Waals surface area contributed by atoms with Crippen LogP contribution in [-0.4, -0.2) is 5.91 Å². The first-order valence-corrected chi connectivity index (χ1v) is 5.48. The van der Waals surface area contributed by atoms with Crippen molar-refractivity contribution in [1.82, 2.24) is 0 Å². The van der Waals surface area contributed by atoms with Crippen LogP contribution in [0.1, 0.15) is 31.7 Å². The summed E-state index contributed by atoms with van der Waals surface area (Å²) < 4.78 is 0. The van der Waals surface area contributed by atoms with E-state index in [2.05, 4.69) is 19.2 Å². The van der Waals surface area contributed by atoms with Gasteiger partial charge in [-0.2, -0.15) is 0 Å². The molecule has 0 aromatic heterocycles. The average molecular weight is 219 g/mol. The third-order valence-electron chi connectivity index (χ3n) is 2.91. The maximum Gasteiger partial charge on any atom is 0.232 e. The van der Waals surface area contributed by atoms with E-state index in [4.69, 9.17) is 11.5 Å². The molecule has 1 unspecified atom stereocenters. The Morgan fingerprint density at radius 1 is 1.31 bits per heavy atom. The van der Waals surface area contributed by atoms with Crippen LogP contribution in [0.5, 0.6) is 0 Å². The third-order valence-corrected chi connectivity index (χ3v) is 2.91. The molecule has 0 bridgehead atoms. The summed E-state index contributed by atoms with van der Waals surface area (Å²) in [6.45, 7) is 4.21. The second kappa shape index (κ2) is 3.70. The van der Waals surface area contributed by atoms with Crippen molar-refractivity contribution >= 4 is 23.0 Å². The van der Waals surface area contributed by atoms with Gasteiger partial charge >= 0.3 is 0 Å². The fourth-order valence-electron chi connectivity index (χ4n) is 2.11. The monoisotopic (exact) mass is 219 g/mol. The van der Waals surface area contributed by atoms with Crippen molar-refractivity contribution in [2.45, 2.75) is 26.2 Å².